The van der Waals surface area contributed by atoms with Gasteiger partial charge in [-0.15, -0.1) is 0 Å². The van der Waals surface area contributed by atoms with E-state index in [2.05, 4.69) is 4.90 Å². The lowest BCUT2D eigenvalue weighted by molar-refractivity contribution is 0.0524. The lowest BCUT2D eigenvalue weighted by Crippen LogP contribution is -2.34. The van der Waals surface area contributed by atoms with Gasteiger partial charge in [0, 0.05) is 29.6 Å². The molecule has 88 valence electrons. The minimum Gasteiger partial charge on any atom is -0.388 e. The molecule has 0 spiro atoms. The Labute approximate surface area is 106 Å². The number of nitrogens with zero attached hydrogens (tertiary/aromatic N) is 1. The van der Waals surface area contributed by atoms with Crippen LogP contribution in [-0.2, 0) is 6.42 Å². The fourth-order valence-corrected chi connectivity index (χ4v) is 2.70. The van der Waals surface area contributed by atoms with Gasteiger partial charge in [-0.05, 0) is 31.2 Å². The third-order valence-electron chi connectivity index (χ3n) is 3.06. The van der Waals surface area contributed by atoms with Gasteiger partial charge >= 0.3 is 0 Å². The number of rotatable bonds is 2. The highest BCUT2D eigenvalue weighted by molar-refractivity contribution is 6.35. The SMILES string of the molecule is CN1CCC(O)(Cc2ccc(Cl)cc2Cl)C1. The molecule has 0 bridgehead atoms. The lowest BCUT2D eigenvalue weighted by Gasteiger charge is -2.23. The average molecular weight is 260 g/mol. The van der Waals surface area contributed by atoms with E-state index < -0.39 is 5.60 Å². The van der Waals surface area contributed by atoms with E-state index in [1.165, 1.54) is 0 Å². The van der Waals surface area contributed by atoms with Crippen LogP contribution in [0.2, 0.25) is 10.0 Å². The number of aliphatic hydroxyl groups is 1. The third-order valence-corrected chi connectivity index (χ3v) is 3.64. The van der Waals surface area contributed by atoms with Gasteiger partial charge in [0.1, 0.15) is 0 Å². The average Bonchev–Trinajstić information content (AvgIpc) is 2.52. The molecule has 1 aliphatic rings. The van der Waals surface area contributed by atoms with Crippen LogP contribution < -0.4 is 0 Å². The Bertz CT molecular complexity index is 397. The van der Waals surface area contributed by atoms with Crippen LogP contribution in [0.1, 0.15) is 12.0 Å². The fourth-order valence-electron chi connectivity index (χ4n) is 2.22. The lowest BCUT2D eigenvalue weighted by atomic mass is 9.94. The Morgan fingerprint density at radius 2 is 2.19 bits per heavy atom. The smallest absolute Gasteiger partial charge is 0.0826 e. The van der Waals surface area contributed by atoms with Gasteiger partial charge in [-0.3, -0.25) is 0 Å². The van der Waals surface area contributed by atoms with E-state index in [0.717, 1.165) is 18.5 Å². The van der Waals surface area contributed by atoms with E-state index in [1.807, 2.05) is 19.2 Å². The first-order valence-electron chi connectivity index (χ1n) is 5.33. The molecular weight excluding hydrogens is 245 g/mol. The topological polar surface area (TPSA) is 23.5 Å². The Morgan fingerprint density at radius 1 is 1.44 bits per heavy atom. The van der Waals surface area contributed by atoms with Crippen molar-refractivity contribution in [3.05, 3.63) is 33.8 Å². The number of benzene rings is 1. The van der Waals surface area contributed by atoms with Crippen molar-refractivity contribution in [2.45, 2.75) is 18.4 Å². The van der Waals surface area contributed by atoms with Crippen LogP contribution in [0, 0.1) is 0 Å². The summed E-state index contributed by atoms with van der Waals surface area (Å²) < 4.78 is 0. The Balaban J connectivity index is 2.14. The molecule has 4 heteroatoms. The standard InChI is InChI=1S/C12H15Cl2NO/c1-15-5-4-12(16,8-15)7-9-2-3-10(13)6-11(9)14/h2-3,6,16H,4-5,7-8H2,1H3. The van der Waals surface area contributed by atoms with E-state index in [4.69, 9.17) is 23.2 Å². The van der Waals surface area contributed by atoms with E-state index in [9.17, 15) is 5.11 Å². The van der Waals surface area contributed by atoms with Crippen molar-refractivity contribution in [3.63, 3.8) is 0 Å². The van der Waals surface area contributed by atoms with Crippen LogP contribution in [0.15, 0.2) is 18.2 Å². The highest BCUT2D eigenvalue weighted by Crippen LogP contribution is 2.29. The highest BCUT2D eigenvalue weighted by Gasteiger charge is 2.34. The number of hydrogen-bond donors (Lipinski definition) is 1. The molecule has 1 N–H and O–H groups in total. The van der Waals surface area contributed by atoms with Gasteiger partial charge in [0.2, 0.25) is 0 Å². The molecule has 1 heterocycles. The molecule has 0 aromatic heterocycles. The minimum atomic E-state index is -0.647. The summed E-state index contributed by atoms with van der Waals surface area (Å²) >= 11 is 11.9. The summed E-state index contributed by atoms with van der Waals surface area (Å²) in [5.41, 5.74) is 0.315. The van der Waals surface area contributed by atoms with Gasteiger partial charge in [-0.2, -0.15) is 0 Å². The normalized spacial score (nSPS) is 26.2. The first-order chi connectivity index (χ1) is 7.48. The van der Waals surface area contributed by atoms with Crippen molar-refractivity contribution in [1.82, 2.24) is 4.90 Å². The zero-order valence-electron chi connectivity index (χ0n) is 9.21. The van der Waals surface area contributed by atoms with Crippen LogP contribution in [0.25, 0.3) is 0 Å². The summed E-state index contributed by atoms with van der Waals surface area (Å²) in [6.45, 7) is 1.63. The Kier molecular flexibility index (Phi) is 3.45. The second-order valence-electron chi connectivity index (χ2n) is 4.62. The molecule has 16 heavy (non-hydrogen) atoms. The summed E-state index contributed by atoms with van der Waals surface area (Å²) in [5.74, 6) is 0. The zero-order valence-corrected chi connectivity index (χ0v) is 10.7. The number of β-amino-alcohol motifs (C(OH)–C–C–N with tert-alkyl or cyclic N) is 1. The highest BCUT2D eigenvalue weighted by atomic mass is 35.5. The predicted octanol–water partition coefficient (Wildman–Crippen LogP) is 2.60. The van der Waals surface area contributed by atoms with Crippen LogP contribution in [-0.4, -0.2) is 35.7 Å². The Morgan fingerprint density at radius 3 is 2.75 bits per heavy atom. The van der Waals surface area contributed by atoms with Crippen molar-refractivity contribution in [2.24, 2.45) is 0 Å². The number of likely N-dealkylation sites (tertiary alicyclic amines) is 1. The van der Waals surface area contributed by atoms with Crippen molar-refractivity contribution >= 4 is 23.2 Å². The third kappa shape index (κ3) is 2.69. The van der Waals surface area contributed by atoms with Gasteiger partial charge in [0.25, 0.3) is 0 Å². The van der Waals surface area contributed by atoms with Gasteiger partial charge in [0.15, 0.2) is 0 Å². The molecular formula is C12H15Cl2NO. The van der Waals surface area contributed by atoms with Crippen molar-refractivity contribution in [1.29, 1.82) is 0 Å². The van der Waals surface area contributed by atoms with E-state index in [0.29, 0.717) is 23.0 Å². The molecule has 2 nitrogen and oxygen atoms in total. The zero-order chi connectivity index (χ0) is 11.8. The summed E-state index contributed by atoms with van der Waals surface area (Å²) in [6.07, 6.45) is 1.38. The summed E-state index contributed by atoms with van der Waals surface area (Å²) in [4.78, 5) is 2.13. The molecule has 1 saturated heterocycles. The number of hydrogen-bond acceptors (Lipinski definition) is 2. The van der Waals surface area contributed by atoms with E-state index in [-0.39, 0.29) is 0 Å². The second-order valence-corrected chi connectivity index (χ2v) is 5.47. The molecule has 1 aromatic rings. The molecule has 0 radical (unpaired) electrons. The maximum Gasteiger partial charge on any atom is 0.0826 e. The molecule has 1 aliphatic heterocycles. The van der Waals surface area contributed by atoms with Gasteiger partial charge in [-0.1, -0.05) is 29.3 Å². The molecule has 2 rings (SSSR count). The maximum absolute atomic E-state index is 10.4. The molecule has 1 atom stereocenters. The second kappa shape index (κ2) is 4.53. The van der Waals surface area contributed by atoms with Crippen molar-refractivity contribution < 1.29 is 5.11 Å². The molecule has 1 aromatic carbocycles. The monoisotopic (exact) mass is 259 g/mol. The predicted molar refractivity (Wildman–Crippen MR) is 67.2 cm³/mol. The molecule has 0 aliphatic carbocycles. The Hall–Kier alpha value is -0.280. The first kappa shape index (κ1) is 12.2. The summed E-state index contributed by atoms with van der Waals surface area (Å²) in [6, 6.07) is 5.42. The number of halogens is 2. The maximum atomic E-state index is 10.4. The van der Waals surface area contributed by atoms with Gasteiger partial charge in [-0.25, -0.2) is 0 Å². The minimum absolute atomic E-state index is 0.591. The van der Waals surface area contributed by atoms with Crippen LogP contribution >= 0.6 is 23.2 Å². The van der Waals surface area contributed by atoms with E-state index >= 15 is 0 Å². The van der Waals surface area contributed by atoms with Gasteiger partial charge in [0.05, 0.1) is 5.60 Å². The first-order valence-corrected chi connectivity index (χ1v) is 6.09. The molecule has 1 fully saturated rings. The largest absolute Gasteiger partial charge is 0.388 e. The molecule has 0 amide bonds. The summed E-state index contributed by atoms with van der Waals surface area (Å²) in [5, 5.41) is 11.6. The van der Waals surface area contributed by atoms with Crippen molar-refractivity contribution in [2.75, 3.05) is 20.1 Å². The summed E-state index contributed by atoms with van der Waals surface area (Å²) in [7, 11) is 2.02. The molecule has 0 saturated carbocycles. The van der Waals surface area contributed by atoms with Crippen LogP contribution in [0.3, 0.4) is 0 Å². The van der Waals surface area contributed by atoms with Crippen molar-refractivity contribution in [3.8, 4) is 0 Å². The van der Waals surface area contributed by atoms with Gasteiger partial charge < -0.3 is 10.0 Å². The number of likely N-dealkylation sites (N-methyl/N-ethyl adjacent to an activating group) is 1. The fraction of sp³-hybridized carbons (Fsp3) is 0.500. The van der Waals surface area contributed by atoms with E-state index in [1.54, 1.807) is 6.07 Å². The quantitative estimate of drug-likeness (QED) is 0.883. The molecule has 1 unspecified atom stereocenters. The van der Waals surface area contributed by atoms with Crippen LogP contribution in [0.4, 0.5) is 0 Å². The van der Waals surface area contributed by atoms with Crippen LogP contribution in [0.5, 0.6) is 0 Å².